The van der Waals surface area contributed by atoms with Gasteiger partial charge < -0.3 is 9.47 Å². The molecule has 132 valence electrons. The maximum absolute atomic E-state index is 10.6. The summed E-state index contributed by atoms with van der Waals surface area (Å²) in [5, 5.41) is 14.8. The van der Waals surface area contributed by atoms with Crippen molar-refractivity contribution in [2.24, 2.45) is 5.10 Å². The van der Waals surface area contributed by atoms with Crippen LogP contribution < -0.4 is 14.9 Å². The Morgan fingerprint density at radius 1 is 1.20 bits per heavy atom. The van der Waals surface area contributed by atoms with Gasteiger partial charge in [-0.05, 0) is 59.6 Å². The van der Waals surface area contributed by atoms with Crippen LogP contribution in [-0.2, 0) is 0 Å². The molecule has 0 atom stereocenters. The first-order valence-corrected chi connectivity index (χ1v) is 8.47. The van der Waals surface area contributed by atoms with Gasteiger partial charge in [-0.3, -0.25) is 15.5 Å². The number of rotatable bonds is 8. The summed E-state index contributed by atoms with van der Waals surface area (Å²) in [6.45, 7) is 4.87. The lowest BCUT2D eigenvalue weighted by atomic mass is 10.2. The van der Waals surface area contributed by atoms with Crippen LogP contribution in [0.2, 0.25) is 0 Å². The van der Waals surface area contributed by atoms with Gasteiger partial charge in [0.15, 0.2) is 11.5 Å². The second kappa shape index (κ2) is 9.03. The number of nitro benzene ring substituents is 1. The first-order chi connectivity index (χ1) is 12.0. The number of nitro groups is 1. The fraction of sp³-hybridized carbons (Fsp3) is 0.235. The summed E-state index contributed by atoms with van der Waals surface area (Å²) in [7, 11) is 0. The fourth-order valence-corrected chi connectivity index (χ4v) is 2.62. The fourth-order valence-electron chi connectivity index (χ4n) is 2.05. The van der Waals surface area contributed by atoms with Gasteiger partial charge in [-0.25, -0.2) is 0 Å². The number of halogens is 1. The molecule has 0 saturated carbocycles. The third-order valence-corrected chi connectivity index (χ3v) is 3.69. The molecule has 0 aliphatic carbocycles. The average molecular weight is 408 g/mol. The molecule has 0 saturated heterocycles. The van der Waals surface area contributed by atoms with Crippen molar-refractivity contribution < 1.29 is 14.4 Å². The van der Waals surface area contributed by atoms with Gasteiger partial charge in [-0.15, -0.1) is 0 Å². The van der Waals surface area contributed by atoms with E-state index in [0.29, 0.717) is 30.4 Å². The van der Waals surface area contributed by atoms with E-state index in [9.17, 15) is 10.1 Å². The van der Waals surface area contributed by atoms with Crippen molar-refractivity contribution in [3.63, 3.8) is 0 Å². The smallest absolute Gasteiger partial charge is 0.269 e. The predicted octanol–water partition coefficient (Wildman–Crippen LogP) is 4.60. The minimum absolute atomic E-state index is 0.0336. The summed E-state index contributed by atoms with van der Waals surface area (Å²) in [6, 6.07) is 9.72. The highest BCUT2D eigenvalue weighted by molar-refractivity contribution is 9.10. The molecular weight excluding hydrogens is 390 g/mol. The molecule has 0 aliphatic rings. The van der Waals surface area contributed by atoms with Crippen LogP contribution in [0.1, 0.15) is 19.4 Å². The summed E-state index contributed by atoms with van der Waals surface area (Å²) >= 11 is 3.48. The molecule has 2 aromatic carbocycles. The number of hydrogen-bond acceptors (Lipinski definition) is 6. The Kier molecular flexibility index (Phi) is 6.76. The van der Waals surface area contributed by atoms with Crippen LogP contribution in [0, 0.1) is 10.1 Å². The van der Waals surface area contributed by atoms with Crippen LogP contribution in [-0.4, -0.2) is 24.4 Å². The van der Waals surface area contributed by atoms with Gasteiger partial charge in [-0.1, -0.05) is 0 Å². The van der Waals surface area contributed by atoms with E-state index in [2.05, 4.69) is 26.5 Å². The van der Waals surface area contributed by atoms with E-state index in [-0.39, 0.29) is 5.69 Å². The summed E-state index contributed by atoms with van der Waals surface area (Å²) in [5.74, 6) is 1.29. The molecule has 0 heterocycles. The standard InChI is InChI=1S/C17H18BrN3O4/c1-3-24-16-10-12(9-15(18)17(16)25-4-2)11-19-20-13-5-7-14(8-6-13)21(22)23/h5-11,20H,3-4H2,1-2H3/b19-11+. The molecule has 0 bridgehead atoms. The zero-order chi connectivity index (χ0) is 18.2. The number of nitrogens with zero attached hydrogens (tertiary/aromatic N) is 2. The van der Waals surface area contributed by atoms with E-state index in [1.807, 2.05) is 26.0 Å². The molecule has 0 unspecified atom stereocenters. The minimum atomic E-state index is -0.445. The number of hydrogen-bond donors (Lipinski definition) is 1. The second-order valence-electron chi connectivity index (χ2n) is 4.87. The molecule has 8 heteroatoms. The largest absolute Gasteiger partial charge is 0.490 e. The topological polar surface area (TPSA) is 86.0 Å². The molecule has 0 aliphatic heterocycles. The Labute approximate surface area is 153 Å². The summed E-state index contributed by atoms with van der Waals surface area (Å²) in [5.41, 5.74) is 4.33. The SMILES string of the molecule is CCOc1cc(/C=N/Nc2ccc([N+](=O)[O-])cc2)cc(Br)c1OCC. The van der Waals surface area contributed by atoms with Crippen molar-refractivity contribution in [2.45, 2.75) is 13.8 Å². The zero-order valence-corrected chi connectivity index (χ0v) is 15.4. The lowest BCUT2D eigenvalue weighted by Crippen LogP contribution is -2.00. The van der Waals surface area contributed by atoms with Crippen molar-refractivity contribution in [2.75, 3.05) is 18.6 Å². The number of non-ortho nitro benzene ring substituents is 1. The van der Waals surface area contributed by atoms with Crippen LogP contribution in [0.5, 0.6) is 11.5 Å². The van der Waals surface area contributed by atoms with Gasteiger partial charge in [-0.2, -0.15) is 5.10 Å². The van der Waals surface area contributed by atoms with Crippen molar-refractivity contribution >= 4 is 33.5 Å². The van der Waals surface area contributed by atoms with E-state index >= 15 is 0 Å². The molecule has 7 nitrogen and oxygen atoms in total. The van der Waals surface area contributed by atoms with E-state index in [1.54, 1.807) is 18.3 Å². The highest BCUT2D eigenvalue weighted by atomic mass is 79.9. The lowest BCUT2D eigenvalue weighted by molar-refractivity contribution is -0.384. The molecule has 0 radical (unpaired) electrons. The van der Waals surface area contributed by atoms with Gasteiger partial charge >= 0.3 is 0 Å². The molecule has 1 N–H and O–H groups in total. The lowest BCUT2D eigenvalue weighted by Gasteiger charge is -2.13. The Morgan fingerprint density at radius 3 is 2.48 bits per heavy atom. The maximum Gasteiger partial charge on any atom is 0.269 e. The van der Waals surface area contributed by atoms with Crippen molar-refractivity contribution in [1.82, 2.24) is 0 Å². The van der Waals surface area contributed by atoms with Crippen LogP contribution in [0.15, 0.2) is 46.0 Å². The van der Waals surface area contributed by atoms with Crippen molar-refractivity contribution in [3.8, 4) is 11.5 Å². The molecule has 25 heavy (non-hydrogen) atoms. The molecule has 2 rings (SSSR count). The van der Waals surface area contributed by atoms with Gasteiger partial charge in [0, 0.05) is 12.1 Å². The van der Waals surface area contributed by atoms with Gasteiger partial charge in [0.1, 0.15) is 0 Å². The first kappa shape index (κ1) is 18.7. The molecular formula is C17H18BrN3O4. The predicted molar refractivity (Wildman–Crippen MR) is 101 cm³/mol. The number of ether oxygens (including phenoxy) is 2. The van der Waals surface area contributed by atoms with Gasteiger partial charge in [0.05, 0.1) is 34.5 Å². The highest BCUT2D eigenvalue weighted by Crippen LogP contribution is 2.36. The molecule has 0 amide bonds. The maximum atomic E-state index is 10.6. The Hall–Kier alpha value is -2.61. The van der Waals surface area contributed by atoms with E-state index in [4.69, 9.17) is 9.47 Å². The number of nitrogens with one attached hydrogen (secondary N) is 1. The van der Waals surface area contributed by atoms with Crippen molar-refractivity contribution in [3.05, 3.63) is 56.5 Å². The monoisotopic (exact) mass is 407 g/mol. The Bertz CT molecular complexity index is 763. The third-order valence-electron chi connectivity index (χ3n) is 3.11. The average Bonchev–Trinajstić information content (AvgIpc) is 2.59. The van der Waals surface area contributed by atoms with Crippen LogP contribution in [0.3, 0.4) is 0 Å². The van der Waals surface area contributed by atoms with Gasteiger partial charge in [0.2, 0.25) is 0 Å². The number of hydrazone groups is 1. The summed E-state index contributed by atoms with van der Waals surface area (Å²) in [4.78, 5) is 10.2. The number of anilines is 1. The van der Waals surface area contributed by atoms with E-state index in [1.165, 1.54) is 12.1 Å². The highest BCUT2D eigenvalue weighted by Gasteiger charge is 2.11. The molecule has 2 aromatic rings. The molecule has 0 spiro atoms. The summed E-state index contributed by atoms with van der Waals surface area (Å²) < 4.78 is 12.0. The summed E-state index contributed by atoms with van der Waals surface area (Å²) in [6.07, 6.45) is 1.63. The van der Waals surface area contributed by atoms with E-state index < -0.39 is 4.92 Å². The Balaban J connectivity index is 2.13. The normalized spacial score (nSPS) is 10.7. The van der Waals surface area contributed by atoms with Gasteiger partial charge in [0.25, 0.3) is 5.69 Å². The molecule has 0 aromatic heterocycles. The minimum Gasteiger partial charge on any atom is -0.490 e. The quantitative estimate of drug-likeness (QED) is 0.392. The Morgan fingerprint density at radius 2 is 1.88 bits per heavy atom. The van der Waals surface area contributed by atoms with E-state index in [0.717, 1.165) is 10.0 Å². The van der Waals surface area contributed by atoms with Crippen LogP contribution in [0.4, 0.5) is 11.4 Å². The zero-order valence-electron chi connectivity index (χ0n) is 13.9. The third kappa shape index (κ3) is 5.18. The second-order valence-corrected chi connectivity index (χ2v) is 5.72. The number of benzene rings is 2. The van der Waals surface area contributed by atoms with Crippen LogP contribution >= 0.6 is 15.9 Å². The molecule has 0 fully saturated rings. The first-order valence-electron chi connectivity index (χ1n) is 7.67. The van der Waals surface area contributed by atoms with Crippen molar-refractivity contribution in [1.29, 1.82) is 0 Å². The van der Waals surface area contributed by atoms with Crippen LogP contribution in [0.25, 0.3) is 0 Å².